The van der Waals surface area contributed by atoms with Gasteiger partial charge in [-0.05, 0) is 46.7 Å². The maximum atomic E-state index is 13.1. The Morgan fingerprint density at radius 3 is 2.00 bits per heavy atom. The highest BCUT2D eigenvalue weighted by Gasteiger charge is 2.19. The van der Waals surface area contributed by atoms with Gasteiger partial charge in [0.05, 0.1) is 6.26 Å². The fourth-order valence-electron chi connectivity index (χ4n) is 3.00. The molecule has 0 radical (unpaired) electrons. The van der Waals surface area contributed by atoms with E-state index in [9.17, 15) is 13.2 Å². The molecular formula is C23H31NO4S. The maximum Gasteiger partial charge on any atom is 0.306 e. The van der Waals surface area contributed by atoms with E-state index >= 15 is 0 Å². The summed E-state index contributed by atoms with van der Waals surface area (Å²) in [5.41, 5.74) is 2.79. The van der Waals surface area contributed by atoms with Crippen molar-refractivity contribution in [1.82, 2.24) is 4.90 Å². The second-order valence-electron chi connectivity index (χ2n) is 8.84. The van der Waals surface area contributed by atoms with Gasteiger partial charge in [-0.3, -0.25) is 4.79 Å². The third-order valence-electron chi connectivity index (χ3n) is 4.42. The summed E-state index contributed by atoms with van der Waals surface area (Å²) < 4.78 is 27.4. The van der Waals surface area contributed by atoms with Gasteiger partial charge in [0.15, 0.2) is 0 Å². The van der Waals surface area contributed by atoms with E-state index in [2.05, 4.69) is 34.6 Å². The summed E-state index contributed by atoms with van der Waals surface area (Å²) in [5.74, 6) is 0.562. The van der Waals surface area contributed by atoms with Gasteiger partial charge in [-0.15, -0.1) is 0 Å². The second kappa shape index (κ2) is 8.99. The molecule has 2 aromatic rings. The number of nitrogens with zero attached hydrogens (tertiary/aromatic N) is 1. The van der Waals surface area contributed by atoms with Crippen LogP contribution in [0.1, 0.15) is 56.1 Å². The van der Waals surface area contributed by atoms with Crippen LogP contribution < -0.4 is 4.18 Å². The van der Waals surface area contributed by atoms with Gasteiger partial charge in [0.2, 0.25) is 0 Å². The first-order chi connectivity index (χ1) is 13.3. The minimum Gasteiger partial charge on any atom is -0.383 e. The molecular weight excluding hydrogens is 386 g/mol. The molecule has 0 aliphatic carbocycles. The Balaban J connectivity index is 2.19. The molecule has 1 amide bonds. The predicted molar refractivity (Wildman–Crippen MR) is 117 cm³/mol. The monoisotopic (exact) mass is 417 g/mol. The largest absolute Gasteiger partial charge is 0.383 e. The number of carbonyl (C=O) groups excluding carboxylic acids is 1. The molecule has 0 N–H and O–H groups in total. The summed E-state index contributed by atoms with van der Waals surface area (Å²) in [6.45, 7) is 11.7. The summed E-state index contributed by atoms with van der Waals surface area (Å²) in [5, 5.41) is 0. The van der Waals surface area contributed by atoms with Gasteiger partial charge >= 0.3 is 10.1 Å². The van der Waals surface area contributed by atoms with Gasteiger partial charge in [0.1, 0.15) is 5.75 Å². The molecule has 0 spiro atoms. The Morgan fingerprint density at radius 2 is 1.55 bits per heavy atom. The Kier molecular flexibility index (Phi) is 7.11. The van der Waals surface area contributed by atoms with E-state index in [1.807, 2.05) is 29.2 Å². The van der Waals surface area contributed by atoms with E-state index in [-0.39, 0.29) is 17.1 Å². The average molecular weight is 418 g/mol. The highest BCUT2D eigenvalue weighted by Crippen LogP contribution is 2.23. The van der Waals surface area contributed by atoms with Crippen LogP contribution >= 0.6 is 0 Å². The van der Waals surface area contributed by atoms with Crippen molar-refractivity contribution in [2.75, 3.05) is 12.8 Å². The standard InChI is InChI=1S/C23H31NO4S/c1-17(2)15-24(16-18-7-13-21(14-8-18)28-29(6,26)27)22(25)19-9-11-20(12-10-19)23(3,4)5/h7-14,17H,15-16H2,1-6H3. The molecule has 0 saturated carbocycles. The van der Waals surface area contributed by atoms with Gasteiger partial charge in [-0.2, -0.15) is 8.42 Å². The van der Waals surface area contributed by atoms with Crippen LogP contribution in [0, 0.1) is 5.92 Å². The van der Waals surface area contributed by atoms with Crippen molar-refractivity contribution >= 4 is 16.0 Å². The third-order valence-corrected chi connectivity index (χ3v) is 4.91. The molecule has 0 heterocycles. The van der Waals surface area contributed by atoms with Gasteiger partial charge in [-0.25, -0.2) is 0 Å². The van der Waals surface area contributed by atoms with Gasteiger partial charge in [-0.1, -0.05) is 58.9 Å². The highest BCUT2D eigenvalue weighted by atomic mass is 32.2. The summed E-state index contributed by atoms with van der Waals surface area (Å²) in [6.07, 6.45) is 1.01. The molecule has 6 heteroatoms. The molecule has 0 aromatic heterocycles. The molecule has 2 aromatic carbocycles. The Labute approximate surface area is 174 Å². The minimum absolute atomic E-state index is 0.0179. The molecule has 0 fully saturated rings. The van der Waals surface area contributed by atoms with Gasteiger partial charge < -0.3 is 9.08 Å². The zero-order valence-electron chi connectivity index (χ0n) is 18.1. The lowest BCUT2D eigenvalue weighted by Crippen LogP contribution is -2.33. The van der Waals surface area contributed by atoms with E-state index in [0.29, 0.717) is 24.6 Å². The molecule has 29 heavy (non-hydrogen) atoms. The molecule has 0 saturated heterocycles. The average Bonchev–Trinajstić information content (AvgIpc) is 2.60. The van der Waals surface area contributed by atoms with E-state index in [1.54, 1.807) is 24.3 Å². The quantitative estimate of drug-likeness (QED) is 0.617. The number of hydrogen-bond donors (Lipinski definition) is 0. The van der Waals surface area contributed by atoms with Crippen LogP contribution in [0.15, 0.2) is 48.5 Å². The molecule has 0 aliphatic heterocycles. The van der Waals surface area contributed by atoms with Crippen molar-refractivity contribution in [3.8, 4) is 5.75 Å². The number of rotatable bonds is 7. The van der Waals surface area contributed by atoms with Crippen LogP contribution in [0.4, 0.5) is 0 Å². The number of amides is 1. The Hall–Kier alpha value is -2.34. The first-order valence-electron chi connectivity index (χ1n) is 9.73. The summed E-state index contributed by atoms with van der Waals surface area (Å²) >= 11 is 0. The lowest BCUT2D eigenvalue weighted by atomic mass is 9.86. The van der Waals surface area contributed by atoms with Crippen LogP contribution in [-0.2, 0) is 22.1 Å². The van der Waals surface area contributed by atoms with Crippen molar-refractivity contribution in [3.63, 3.8) is 0 Å². The number of carbonyl (C=O) groups is 1. The van der Waals surface area contributed by atoms with Crippen molar-refractivity contribution in [2.24, 2.45) is 5.92 Å². The predicted octanol–water partition coefficient (Wildman–Crippen LogP) is 4.62. The van der Waals surface area contributed by atoms with Crippen LogP contribution in [0.3, 0.4) is 0 Å². The van der Waals surface area contributed by atoms with Crippen molar-refractivity contribution in [2.45, 2.75) is 46.6 Å². The molecule has 2 rings (SSSR count). The normalized spacial score (nSPS) is 12.1. The van der Waals surface area contributed by atoms with Crippen LogP contribution in [0.5, 0.6) is 5.75 Å². The topological polar surface area (TPSA) is 63.7 Å². The zero-order valence-corrected chi connectivity index (χ0v) is 18.9. The van der Waals surface area contributed by atoms with Crippen molar-refractivity contribution in [3.05, 3.63) is 65.2 Å². The minimum atomic E-state index is -3.56. The van der Waals surface area contributed by atoms with Crippen LogP contribution in [0.2, 0.25) is 0 Å². The lowest BCUT2D eigenvalue weighted by Gasteiger charge is -2.25. The van der Waals surface area contributed by atoms with E-state index in [1.165, 1.54) is 5.56 Å². The molecule has 158 valence electrons. The SMILES string of the molecule is CC(C)CN(Cc1ccc(OS(C)(=O)=O)cc1)C(=O)c1ccc(C(C)(C)C)cc1. The maximum absolute atomic E-state index is 13.1. The van der Waals surface area contributed by atoms with Gasteiger partial charge in [0.25, 0.3) is 5.91 Å². The lowest BCUT2D eigenvalue weighted by molar-refractivity contribution is 0.0722. The zero-order chi connectivity index (χ0) is 21.8. The Bertz CT molecular complexity index is 924. The van der Waals surface area contributed by atoms with E-state index < -0.39 is 10.1 Å². The molecule has 5 nitrogen and oxygen atoms in total. The van der Waals surface area contributed by atoms with Crippen molar-refractivity contribution in [1.29, 1.82) is 0 Å². The molecule has 0 atom stereocenters. The molecule has 0 bridgehead atoms. The van der Waals surface area contributed by atoms with Crippen molar-refractivity contribution < 1.29 is 17.4 Å². The third kappa shape index (κ3) is 7.20. The smallest absolute Gasteiger partial charge is 0.306 e. The molecule has 0 aliphatic rings. The number of benzene rings is 2. The van der Waals surface area contributed by atoms with Crippen LogP contribution in [-0.4, -0.2) is 32.0 Å². The summed E-state index contributed by atoms with van der Waals surface area (Å²) in [6, 6.07) is 14.6. The fourth-order valence-corrected chi connectivity index (χ4v) is 3.46. The fraction of sp³-hybridized carbons (Fsp3) is 0.435. The highest BCUT2D eigenvalue weighted by molar-refractivity contribution is 7.86. The number of hydrogen-bond acceptors (Lipinski definition) is 4. The van der Waals surface area contributed by atoms with E-state index in [4.69, 9.17) is 4.18 Å². The van der Waals surface area contributed by atoms with Gasteiger partial charge in [0, 0.05) is 18.7 Å². The summed E-state index contributed by atoms with van der Waals surface area (Å²) in [4.78, 5) is 14.9. The second-order valence-corrected chi connectivity index (χ2v) is 10.4. The first-order valence-corrected chi connectivity index (χ1v) is 11.5. The summed E-state index contributed by atoms with van der Waals surface area (Å²) in [7, 11) is -3.56. The van der Waals surface area contributed by atoms with Crippen LogP contribution in [0.25, 0.3) is 0 Å². The molecule has 0 unspecified atom stereocenters. The van der Waals surface area contributed by atoms with E-state index in [0.717, 1.165) is 11.8 Å². The first kappa shape index (κ1) is 22.9. The Morgan fingerprint density at radius 1 is 1.00 bits per heavy atom.